The average Bonchev–Trinajstić information content (AvgIpc) is 2.82. The lowest BCUT2D eigenvalue weighted by Crippen LogP contribution is -2.41. The second-order valence-electron chi connectivity index (χ2n) is 5.97. The molecule has 21 heavy (non-hydrogen) atoms. The predicted octanol–water partition coefficient (Wildman–Crippen LogP) is 2.56. The van der Waals surface area contributed by atoms with Crippen LogP contribution in [0, 0.1) is 11.8 Å². The Balaban J connectivity index is 1.75. The van der Waals surface area contributed by atoms with Gasteiger partial charge in [0.1, 0.15) is 0 Å². The first-order chi connectivity index (χ1) is 10.1. The first kappa shape index (κ1) is 14.5. The molecular weight excluding hydrogens is 268 g/mol. The zero-order valence-electron chi connectivity index (χ0n) is 12.5. The normalized spacial score (nSPS) is 33.9. The monoisotopic (exact) mass is 290 g/mol. The third kappa shape index (κ3) is 3.11. The number of carbonyl (C=O) groups excluding carboxylic acids is 1. The highest BCUT2D eigenvalue weighted by atomic mass is 16.7. The quantitative estimate of drug-likeness (QED) is 0.803. The molecule has 4 atom stereocenters. The van der Waals surface area contributed by atoms with E-state index in [-0.39, 0.29) is 36.3 Å². The van der Waals surface area contributed by atoms with Gasteiger partial charge in [-0.15, -0.1) is 0 Å². The minimum Gasteiger partial charge on any atom is -0.465 e. The standard InChI is InChI=1S/C17H22O4/c1-11-12(2)21-17(20-11)14-8-9-19-16(18)15(14)10-13-6-4-3-5-7-13/h3-7,11-12,14-15,17H,8-10H2,1-2H3/t11-,12-,14-,15+/m1/s1. The zero-order valence-corrected chi connectivity index (χ0v) is 12.5. The van der Waals surface area contributed by atoms with Crippen molar-refractivity contribution in [3.8, 4) is 0 Å². The van der Waals surface area contributed by atoms with Crippen LogP contribution in [0.2, 0.25) is 0 Å². The molecule has 0 aliphatic carbocycles. The minimum atomic E-state index is -0.295. The Morgan fingerprint density at radius 3 is 2.43 bits per heavy atom. The molecule has 0 N–H and O–H groups in total. The number of rotatable bonds is 3. The van der Waals surface area contributed by atoms with Gasteiger partial charge in [-0.05, 0) is 32.3 Å². The lowest BCUT2D eigenvalue weighted by Gasteiger charge is -2.33. The van der Waals surface area contributed by atoms with Crippen molar-refractivity contribution in [2.75, 3.05) is 6.61 Å². The van der Waals surface area contributed by atoms with E-state index >= 15 is 0 Å². The maximum absolute atomic E-state index is 12.2. The van der Waals surface area contributed by atoms with Crippen LogP contribution in [-0.4, -0.2) is 31.1 Å². The molecule has 0 aromatic heterocycles. The summed E-state index contributed by atoms with van der Waals surface area (Å²) < 4.78 is 17.1. The highest BCUT2D eigenvalue weighted by molar-refractivity contribution is 5.74. The first-order valence-electron chi connectivity index (χ1n) is 7.66. The van der Waals surface area contributed by atoms with Crippen molar-refractivity contribution in [3.63, 3.8) is 0 Å². The van der Waals surface area contributed by atoms with Gasteiger partial charge < -0.3 is 14.2 Å². The molecule has 2 heterocycles. The molecule has 1 aromatic rings. The summed E-state index contributed by atoms with van der Waals surface area (Å²) in [4.78, 5) is 12.2. The van der Waals surface area contributed by atoms with Gasteiger partial charge in [-0.1, -0.05) is 30.3 Å². The van der Waals surface area contributed by atoms with Gasteiger partial charge in [-0.2, -0.15) is 0 Å². The molecule has 2 fully saturated rings. The predicted molar refractivity (Wildman–Crippen MR) is 77.6 cm³/mol. The summed E-state index contributed by atoms with van der Waals surface area (Å²) in [5.74, 6) is -0.253. The summed E-state index contributed by atoms with van der Waals surface area (Å²) in [5.41, 5.74) is 1.14. The number of ether oxygens (including phenoxy) is 3. The lowest BCUT2D eigenvalue weighted by atomic mass is 9.83. The van der Waals surface area contributed by atoms with E-state index in [2.05, 4.69) is 0 Å². The van der Waals surface area contributed by atoms with Crippen molar-refractivity contribution in [1.82, 2.24) is 0 Å². The van der Waals surface area contributed by atoms with Crippen LogP contribution < -0.4 is 0 Å². The van der Waals surface area contributed by atoms with Gasteiger partial charge in [0, 0.05) is 5.92 Å². The molecule has 4 nitrogen and oxygen atoms in total. The molecular formula is C17H22O4. The summed E-state index contributed by atoms with van der Waals surface area (Å²) in [6, 6.07) is 10.0. The summed E-state index contributed by atoms with van der Waals surface area (Å²) >= 11 is 0. The third-order valence-corrected chi connectivity index (χ3v) is 4.52. The van der Waals surface area contributed by atoms with Gasteiger partial charge in [-0.25, -0.2) is 0 Å². The van der Waals surface area contributed by atoms with Gasteiger partial charge in [0.25, 0.3) is 0 Å². The molecule has 4 heteroatoms. The number of benzene rings is 1. The van der Waals surface area contributed by atoms with Crippen LogP contribution in [0.1, 0.15) is 25.8 Å². The maximum Gasteiger partial charge on any atom is 0.309 e. The van der Waals surface area contributed by atoms with Crippen LogP contribution in [0.3, 0.4) is 0 Å². The van der Waals surface area contributed by atoms with Gasteiger partial charge in [0.15, 0.2) is 6.29 Å². The van der Waals surface area contributed by atoms with Crippen molar-refractivity contribution in [1.29, 1.82) is 0 Å². The fourth-order valence-corrected chi connectivity index (χ4v) is 3.09. The average molecular weight is 290 g/mol. The zero-order chi connectivity index (χ0) is 14.8. The Hall–Kier alpha value is -1.39. The number of hydrogen-bond donors (Lipinski definition) is 0. The fourth-order valence-electron chi connectivity index (χ4n) is 3.09. The largest absolute Gasteiger partial charge is 0.465 e. The summed E-state index contributed by atoms with van der Waals surface area (Å²) in [5, 5.41) is 0. The van der Waals surface area contributed by atoms with Crippen molar-refractivity contribution in [3.05, 3.63) is 35.9 Å². The molecule has 1 aromatic carbocycles. The van der Waals surface area contributed by atoms with E-state index in [1.807, 2.05) is 44.2 Å². The first-order valence-corrected chi connectivity index (χ1v) is 7.66. The highest BCUT2D eigenvalue weighted by Crippen LogP contribution is 2.35. The second kappa shape index (κ2) is 6.16. The highest BCUT2D eigenvalue weighted by Gasteiger charge is 2.44. The summed E-state index contributed by atoms with van der Waals surface area (Å²) in [7, 11) is 0. The van der Waals surface area contributed by atoms with E-state index in [9.17, 15) is 4.79 Å². The molecule has 0 saturated carbocycles. The van der Waals surface area contributed by atoms with Gasteiger partial charge >= 0.3 is 5.97 Å². The van der Waals surface area contributed by atoms with Crippen LogP contribution in [-0.2, 0) is 25.4 Å². The summed E-state index contributed by atoms with van der Waals surface area (Å²) in [6.07, 6.45) is 1.33. The van der Waals surface area contributed by atoms with E-state index < -0.39 is 0 Å². The molecule has 0 amide bonds. The van der Waals surface area contributed by atoms with Gasteiger partial charge in [0.05, 0.1) is 24.7 Å². The third-order valence-electron chi connectivity index (χ3n) is 4.52. The van der Waals surface area contributed by atoms with Crippen LogP contribution in [0.15, 0.2) is 30.3 Å². The molecule has 2 aliphatic heterocycles. The van der Waals surface area contributed by atoms with E-state index in [0.29, 0.717) is 13.0 Å². The lowest BCUT2D eigenvalue weighted by molar-refractivity contribution is -0.175. The molecule has 0 unspecified atom stereocenters. The summed E-state index contributed by atoms with van der Waals surface area (Å²) in [6.45, 7) is 4.48. The van der Waals surface area contributed by atoms with Crippen LogP contribution in [0.25, 0.3) is 0 Å². The molecule has 0 radical (unpaired) electrons. The molecule has 114 valence electrons. The molecule has 2 aliphatic rings. The Labute approximate surface area is 125 Å². The van der Waals surface area contributed by atoms with Crippen LogP contribution >= 0.6 is 0 Å². The van der Waals surface area contributed by atoms with E-state index in [1.165, 1.54) is 0 Å². The SMILES string of the molecule is C[C@H]1OC([C@@H]2CCOC(=O)[C@H]2Cc2ccccc2)O[C@@H]1C. The van der Waals surface area contributed by atoms with E-state index in [1.54, 1.807) is 0 Å². The van der Waals surface area contributed by atoms with Crippen LogP contribution in [0.5, 0.6) is 0 Å². The molecule has 3 rings (SSSR count). The molecule has 0 spiro atoms. The number of hydrogen-bond acceptors (Lipinski definition) is 4. The van der Waals surface area contributed by atoms with Gasteiger partial charge in [0.2, 0.25) is 0 Å². The van der Waals surface area contributed by atoms with Crippen molar-refractivity contribution in [2.24, 2.45) is 11.8 Å². The number of cyclic esters (lactones) is 1. The maximum atomic E-state index is 12.2. The fraction of sp³-hybridized carbons (Fsp3) is 0.588. The van der Waals surface area contributed by atoms with Crippen molar-refractivity contribution < 1.29 is 19.0 Å². The molecule has 2 saturated heterocycles. The smallest absolute Gasteiger partial charge is 0.309 e. The van der Waals surface area contributed by atoms with Gasteiger partial charge in [-0.3, -0.25) is 4.79 Å². The Kier molecular flexibility index (Phi) is 4.27. The van der Waals surface area contributed by atoms with Crippen LogP contribution in [0.4, 0.5) is 0 Å². The number of carbonyl (C=O) groups is 1. The topological polar surface area (TPSA) is 44.8 Å². The van der Waals surface area contributed by atoms with Crippen molar-refractivity contribution >= 4 is 5.97 Å². The van der Waals surface area contributed by atoms with E-state index in [0.717, 1.165) is 12.0 Å². The second-order valence-corrected chi connectivity index (χ2v) is 5.97. The Morgan fingerprint density at radius 1 is 1.10 bits per heavy atom. The van der Waals surface area contributed by atoms with Crippen molar-refractivity contribution in [2.45, 2.75) is 45.2 Å². The Morgan fingerprint density at radius 2 is 1.76 bits per heavy atom. The number of esters is 1. The Bertz CT molecular complexity index is 477. The van der Waals surface area contributed by atoms with E-state index in [4.69, 9.17) is 14.2 Å². The minimum absolute atomic E-state index is 0.0684. The molecule has 0 bridgehead atoms.